The van der Waals surface area contributed by atoms with Crippen LogP contribution in [0.25, 0.3) is 11.1 Å². The van der Waals surface area contributed by atoms with Gasteiger partial charge < -0.3 is 9.47 Å². The molecule has 2 aromatic rings. The molecule has 1 aromatic carbocycles. The smallest absolute Gasteiger partial charge is 0.130 e. The Hall–Kier alpha value is -2.10. The number of benzene rings is 1. The predicted octanol–water partition coefficient (Wildman–Crippen LogP) is 2.16. The van der Waals surface area contributed by atoms with Gasteiger partial charge in [-0.2, -0.15) is 0 Å². The molecule has 0 fully saturated rings. The van der Waals surface area contributed by atoms with Gasteiger partial charge in [0.1, 0.15) is 17.8 Å². The summed E-state index contributed by atoms with van der Waals surface area (Å²) in [7, 11) is 3.25. The molecule has 0 spiro atoms. The predicted molar refractivity (Wildman–Crippen MR) is 60.6 cm³/mol. The van der Waals surface area contributed by atoms with Crippen LogP contribution in [-0.2, 0) is 0 Å². The molecule has 1 heterocycles. The van der Waals surface area contributed by atoms with E-state index in [1.54, 1.807) is 26.6 Å². The topological polar surface area (TPSA) is 44.2 Å². The van der Waals surface area contributed by atoms with Crippen LogP contribution in [0.1, 0.15) is 0 Å². The molecule has 0 amide bonds. The minimum atomic E-state index is 0.745. The van der Waals surface area contributed by atoms with Crippen LogP contribution in [0.15, 0.2) is 36.9 Å². The van der Waals surface area contributed by atoms with Gasteiger partial charge in [0.2, 0.25) is 0 Å². The molecule has 4 heteroatoms. The lowest BCUT2D eigenvalue weighted by Crippen LogP contribution is -1.91. The van der Waals surface area contributed by atoms with Gasteiger partial charge in [0.15, 0.2) is 0 Å². The zero-order chi connectivity index (χ0) is 11.4. The number of ether oxygens (including phenoxy) is 2. The highest BCUT2D eigenvalue weighted by Gasteiger charge is 2.07. The second-order valence-electron chi connectivity index (χ2n) is 3.19. The van der Waals surface area contributed by atoms with Gasteiger partial charge in [-0.3, -0.25) is 0 Å². The molecule has 0 aliphatic rings. The summed E-state index contributed by atoms with van der Waals surface area (Å²) in [5, 5.41) is 0. The first kappa shape index (κ1) is 10.4. The highest BCUT2D eigenvalue weighted by molar-refractivity contribution is 5.70. The molecule has 16 heavy (non-hydrogen) atoms. The second-order valence-corrected chi connectivity index (χ2v) is 3.19. The monoisotopic (exact) mass is 216 g/mol. The van der Waals surface area contributed by atoms with E-state index in [1.807, 2.05) is 18.2 Å². The summed E-state index contributed by atoms with van der Waals surface area (Å²) in [6, 6.07) is 5.64. The standard InChI is InChI=1S/C12H12N2O2/c1-15-10-3-4-11(12(5-10)16-2)9-6-13-8-14-7-9/h3-8H,1-2H3. The lowest BCUT2D eigenvalue weighted by atomic mass is 10.1. The van der Waals surface area contributed by atoms with Crippen LogP contribution >= 0.6 is 0 Å². The van der Waals surface area contributed by atoms with E-state index in [0.717, 1.165) is 22.6 Å². The van der Waals surface area contributed by atoms with Crippen LogP contribution in [-0.4, -0.2) is 24.2 Å². The van der Waals surface area contributed by atoms with Crippen molar-refractivity contribution in [2.75, 3.05) is 14.2 Å². The highest BCUT2D eigenvalue weighted by atomic mass is 16.5. The van der Waals surface area contributed by atoms with E-state index < -0.39 is 0 Å². The van der Waals surface area contributed by atoms with E-state index in [-0.39, 0.29) is 0 Å². The normalized spacial score (nSPS) is 9.88. The molecule has 0 saturated carbocycles. The van der Waals surface area contributed by atoms with Crippen molar-refractivity contribution in [2.45, 2.75) is 0 Å². The third-order valence-corrected chi connectivity index (χ3v) is 2.28. The SMILES string of the molecule is COc1ccc(-c2cncnc2)c(OC)c1. The third-order valence-electron chi connectivity index (χ3n) is 2.28. The first-order valence-corrected chi connectivity index (χ1v) is 4.82. The second kappa shape index (κ2) is 4.61. The molecule has 1 aromatic heterocycles. The number of methoxy groups -OCH3 is 2. The molecular formula is C12H12N2O2. The van der Waals surface area contributed by atoms with Crippen molar-refractivity contribution in [3.8, 4) is 22.6 Å². The zero-order valence-corrected chi connectivity index (χ0v) is 9.18. The first-order chi connectivity index (χ1) is 7.85. The van der Waals surface area contributed by atoms with E-state index in [0.29, 0.717) is 0 Å². The molecular weight excluding hydrogens is 204 g/mol. The summed E-state index contributed by atoms with van der Waals surface area (Å²) in [6.07, 6.45) is 4.99. The van der Waals surface area contributed by atoms with Gasteiger partial charge in [-0.15, -0.1) is 0 Å². The van der Waals surface area contributed by atoms with E-state index >= 15 is 0 Å². The number of nitrogens with zero attached hydrogens (tertiary/aromatic N) is 2. The van der Waals surface area contributed by atoms with Crippen LogP contribution in [0.3, 0.4) is 0 Å². The van der Waals surface area contributed by atoms with Gasteiger partial charge in [-0.25, -0.2) is 9.97 Å². The maximum Gasteiger partial charge on any atom is 0.130 e. The van der Waals surface area contributed by atoms with E-state index in [9.17, 15) is 0 Å². The average Bonchev–Trinajstić information content (AvgIpc) is 2.39. The van der Waals surface area contributed by atoms with Crippen molar-refractivity contribution in [2.24, 2.45) is 0 Å². The van der Waals surface area contributed by atoms with Crippen molar-refractivity contribution >= 4 is 0 Å². The van der Waals surface area contributed by atoms with E-state index in [2.05, 4.69) is 9.97 Å². The summed E-state index contributed by atoms with van der Waals surface area (Å²) < 4.78 is 10.4. The molecule has 2 rings (SSSR count). The molecule has 4 nitrogen and oxygen atoms in total. The van der Waals surface area contributed by atoms with Gasteiger partial charge in [-0.05, 0) is 12.1 Å². The average molecular weight is 216 g/mol. The van der Waals surface area contributed by atoms with Crippen LogP contribution < -0.4 is 9.47 Å². The third kappa shape index (κ3) is 1.95. The molecule has 0 N–H and O–H groups in total. The minimum Gasteiger partial charge on any atom is -0.497 e. The molecule has 0 unspecified atom stereocenters. The van der Waals surface area contributed by atoms with Crippen molar-refractivity contribution in [3.05, 3.63) is 36.9 Å². The Labute approximate surface area is 93.9 Å². The number of hydrogen-bond acceptors (Lipinski definition) is 4. The maximum atomic E-state index is 5.31. The van der Waals surface area contributed by atoms with E-state index in [4.69, 9.17) is 9.47 Å². The van der Waals surface area contributed by atoms with Crippen LogP contribution in [0.5, 0.6) is 11.5 Å². The minimum absolute atomic E-state index is 0.745. The van der Waals surface area contributed by atoms with Crippen molar-refractivity contribution in [1.29, 1.82) is 0 Å². The first-order valence-electron chi connectivity index (χ1n) is 4.82. The van der Waals surface area contributed by atoms with Crippen molar-refractivity contribution < 1.29 is 9.47 Å². The quantitative estimate of drug-likeness (QED) is 0.788. The fraction of sp³-hybridized carbons (Fsp3) is 0.167. The lowest BCUT2D eigenvalue weighted by Gasteiger charge is -2.09. The zero-order valence-electron chi connectivity index (χ0n) is 9.18. The molecule has 0 aliphatic heterocycles. The Balaban J connectivity index is 2.49. The summed E-state index contributed by atoms with van der Waals surface area (Å²) in [6.45, 7) is 0. The fourth-order valence-electron chi connectivity index (χ4n) is 1.48. The fourth-order valence-corrected chi connectivity index (χ4v) is 1.48. The Morgan fingerprint density at radius 2 is 1.75 bits per heavy atom. The Bertz CT molecular complexity index is 472. The van der Waals surface area contributed by atoms with Crippen molar-refractivity contribution in [3.63, 3.8) is 0 Å². The summed E-state index contributed by atoms with van der Waals surface area (Å²) >= 11 is 0. The number of aromatic nitrogens is 2. The summed E-state index contributed by atoms with van der Waals surface area (Å²) in [5.74, 6) is 1.51. The molecule has 0 radical (unpaired) electrons. The number of hydrogen-bond donors (Lipinski definition) is 0. The summed E-state index contributed by atoms with van der Waals surface area (Å²) in [5.41, 5.74) is 1.87. The molecule has 0 bridgehead atoms. The van der Waals surface area contributed by atoms with E-state index in [1.165, 1.54) is 6.33 Å². The van der Waals surface area contributed by atoms with Crippen LogP contribution in [0, 0.1) is 0 Å². The van der Waals surface area contributed by atoms with Crippen LogP contribution in [0.2, 0.25) is 0 Å². The van der Waals surface area contributed by atoms with Gasteiger partial charge in [0, 0.05) is 29.6 Å². The Morgan fingerprint density at radius 1 is 1.00 bits per heavy atom. The highest BCUT2D eigenvalue weighted by Crippen LogP contribution is 2.32. The molecule has 0 atom stereocenters. The van der Waals surface area contributed by atoms with Gasteiger partial charge in [0.25, 0.3) is 0 Å². The number of rotatable bonds is 3. The van der Waals surface area contributed by atoms with Gasteiger partial charge >= 0.3 is 0 Å². The van der Waals surface area contributed by atoms with Crippen LogP contribution in [0.4, 0.5) is 0 Å². The Morgan fingerprint density at radius 3 is 2.38 bits per heavy atom. The maximum absolute atomic E-state index is 5.31. The van der Waals surface area contributed by atoms with Gasteiger partial charge in [0.05, 0.1) is 14.2 Å². The Kier molecular flexibility index (Phi) is 3.00. The largest absolute Gasteiger partial charge is 0.497 e. The molecule has 82 valence electrons. The van der Waals surface area contributed by atoms with Gasteiger partial charge in [-0.1, -0.05) is 0 Å². The molecule has 0 saturated heterocycles. The van der Waals surface area contributed by atoms with Crippen molar-refractivity contribution in [1.82, 2.24) is 9.97 Å². The lowest BCUT2D eigenvalue weighted by molar-refractivity contribution is 0.395. The molecule has 0 aliphatic carbocycles. The summed E-state index contributed by atoms with van der Waals surface area (Å²) in [4.78, 5) is 7.96.